The van der Waals surface area contributed by atoms with Crippen LogP contribution in [0.1, 0.15) is 22.8 Å². The number of hydrogen-bond acceptors (Lipinski definition) is 8. The van der Waals surface area contributed by atoms with Crippen molar-refractivity contribution in [1.29, 1.82) is 0 Å². The molecular formula is C28H28N2O6. The number of phenolic OH excluding ortho intramolecular Hbond substituents is 3. The molecule has 0 aliphatic carbocycles. The van der Waals surface area contributed by atoms with E-state index in [0.29, 0.717) is 28.1 Å². The van der Waals surface area contributed by atoms with Gasteiger partial charge in [0.2, 0.25) is 0 Å². The van der Waals surface area contributed by atoms with Gasteiger partial charge < -0.3 is 29.5 Å². The van der Waals surface area contributed by atoms with Gasteiger partial charge in [0.1, 0.15) is 18.1 Å². The topological polar surface area (TPSA) is 114 Å². The molecule has 8 nitrogen and oxygen atoms in total. The molecule has 3 aromatic carbocycles. The summed E-state index contributed by atoms with van der Waals surface area (Å²) in [4.78, 5) is 9.00. The molecule has 8 heteroatoms. The second-order valence-electron chi connectivity index (χ2n) is 8.33. The van der Waals surface area contributed by atoms with Crippen LogP contribution in [0.25, 0.3) is 22.3 Å². The molecule has 0 unspecified atom stereocenters. The van der Waals surface area contributed by atoms with Crippen molar-refractivity contribution in [3.63, 3.8) is 0 Å². The number of hydrogen-bond donors (Lipinski definition) is 3. The van der Waals surface area contributed by atoms with E-state index >= 15 is 0 Å². The molecule has 3 N–H and O–H groups in total. The highest BCUT2D eigenvalue weighted by molar-refractivity contribution is 5.88. The first-order valence-electron chi connectivity index (χ1n) is 11.3. The average molecular weight is 489 g/mol. The number of ether oxygens (including phenoxy) is 3. The second kappa shape index (κ2) is 10.0. The molecule has 1 aromatic heterocycles. The molecule has 0 spiro atoms. The first-order chi connectivity index (χ1) is 17.2. The predicted octanol–water partition coefficient (Wildman–Crippen LogP) is 5.45. The number of aromatic nitrogens is 2. The summed E-state index contributed by atoms with van der Waals surface area (Å²) in [5.41, 5.74) is 5.32. The lowest BCUT2D eigenvalue weighted by molar-refractivity contribution is 0.283. The molecule has 36 heavy (non-hydrogen) atoms. The van der Waals surface area contributed by atoms with Crippen molar-refractivity contribution < 1.29 is 29.5 Å². The Morgan fingerprint density at radius 2 is 1.39 bits per heavy atom. The zero-order chi connectivity index (χ0) is 26.0. The lowest BCUT2D eigenvalue weighted by Gasteiger charge is -2.18. The van der Waals surface area contributed by atoms with Crippen molar-refractivity contribution >= 4 is 0 Å². The van der Waals surface area contributed by atoms with E-state index in [0.717, 1.165) is 22.6 Å². The van der Waals surface area contributed by atoms with E-state index in [1.54, 1.807) is 42.5 Å². The number of rotatable bonds is 7. The Morgan fingerprint density at radius 1 is 0.722 bits per heavy atom. The fourth-order valence-electron chi connectivity index (χ4n) is 3.97. The Kier molecular flexibility index (Phi) is 6.87. The maximum atomic E-state index is 11.2. The number of methoxy groups -OCH3 is 2. The van der Waals surface area contributed by atoms with Crippen molar-refractivity contribution in [3.8, 4) is 56.8 Å². The van der Waals surface area contributed by atoms with E-state index in [9.17, 15) is 15.3 Å². The number of aromatic hydroxyl groups is 3. The van der Waals surface area contributed by atoms with Gasteiger partial charge in [-0.05, 0) is 62.2 Å². The minimum absolute atomic E-state index is 0.107. The van der Waals surface area contributed by atoms with Crippen LogP contribution in [0.5, 0.6) is 34.5 Å². The van der Waals surface area contributed by atoms with Crippen LogP contribution in [0.4, 0.5) is 0 Å². The lowest BCUT2D eigenvalue weighted by atomic mass is 9.96. The third-order valence-corrected chi connectivity index (χ3v) is 6.01. The van der Waals surface area contributed by atoms with Crippen molar-refractivity contribution in [2.24, 2.45) is 0 Å². The highest BCUT2D eigenvalue weighted by Gasteiger charge is 2.22. The van der Waals surface area contributed by atoms with Crippen molar-refractivity contribution in [1.82, 2.24) is 9.97 Å². The Hall–Kier alpha value is -4.46. The Bertz CT molecular complexity index is 1420. The molecule has 0 amide bonds. The van der Waals surface area contributed by atoms with Crippen molar-refractivity contribution in [2.75, 3.05) is 14.2 Å². The van der Waals surface area contributed by atoms with E-state index in [1.165, 1.54) is 20.3 Å². The smallest absolute Gasteiger partial charge is 0.170 e. The Balaban J connectivity index is 1.69. The van der Waals surface area contributed by atoms with Gasteiger partial charge >= 0.3 is 0 Å². The molecule has 0 aliphatic rings. The Labute approximate surface area is 209 Å². The van der Waals surface area contributed by atoms with Crippen molar-refractivity contribution in [3.05, 3.63) is 71.3 Å². The number of nitrogens with zero attached hydrogens (tertiary/aromatic N) is 2. The van der Waals surface area contributed by atoms with Crippen molar-refractivity contribution in [2.45, 2.75) is 27.4 Å². The Morgan fingerprint density at radius 3 is 2.03 bits per heavy atom. The van der Waals surface area contributed by atoms with Crippen LogP contribution >= 0.6 is 0 Å². The summed E-state index contributed by atoms with van der Waals surface area (Å²) >= 11 is 0. The first-order valence-corrected chi connectivity index (χ1v) is 11.3. The standard InChI is InChI=1S/C28H28N2O6/c1-15-16(2)30-22(17(3)29-15)14-36-24-11-8-19(12-23(24)32)26-25(34-4)13-21(28(35-5)27(26)33)18-6-9-20(31)10-7-18/h6-13,31-33H,14H2,1-5H3. The van der Waals surface area contributed by atoms with Gasteiger partial charge in [-0.25, -0.2) is 0 Å². The van der Waals surface area contributed by atoms with Gasteiger partial charge in [-0.2, -0.15) is 0 Å². The summed E-state index contributed by atoms with van der Waals surface area (Å²) in [6, 6.07) is 13.1. The lowest BCUT2D eigenvalue weighted by Crippen LogP contribution is -2.06. The molecule has 186 valence electrons. The van der Waals surface area contributed by atoms with E-state index in [1.807, 2.05) is 20.8 Å². The van der Waals surface area contributed by atoms with Crippen LogP contribution < -0.4 is 14.2 Å². The minimum Gasteiger partial charge on any atom is -0.508 e. The summed E-state index contributed by atoms with van der Waals surface area (Å²) < 4.78 is 16.9. The molecule has 4 aromatic rings. The SMILES string of the molecule is COc1cc(-c2ccc(O)cc2)c(OC)c(O)c1-c1ccc(OCc2nc(C)c(C)nc2C)c(O)c1. The van der Waals surface area contributed by atoms with Gasteiger partial charge in [-0.15, -0.1) is 0 Å². The molecule has 0 atom stereocenters. The third kappa shape index (κ3) is 4.70. The van der Waals surface area contributed by atoms with Gasteiger partial charge in [0.05, 0.1) is 42.6 Å². The number of phenols is 3. The van der Waals surface area contributed by atoms with Gasteiger partial charge in [-0.3, -0.25) is 9.97 Å². The average Bonchev–Trinajstić information content (AvgIpc) is 2.86. The molecule has 0 fully saturated rings. The fourth-order valence-corrected chi connectivity index (χ4v) is 3.97. The molecule has 0 aliphatic heterocycles. The van der Waals surface area contributed by atoms with Crippen LogP contribution in [0.2, 0.25) is 0 Å². The van der Waals surface area contributed by atoms with E-state index in [-0.39, 0.29) is 35.4 Å². The maximum Gasteiger partial charge on any atom is 0.170 e. The highest BCUT2D eigenvalue weighted by atomic mass is 16.5. The zero-order valence-electron chi connectivity index (χ0n) is 20.8. The van der Waals surface area contributed by atoms with Gasteiger partial charge in [-0.1, -0.05) is 18.2 Å². The number of aryl methyl sites for hydroxylation is 3. The first kappa shape index (κ1) is 24.7. The molecule has 0 saturated heterocycles. The molecule has 1 heterocycles. The highest BCUT2D eigenvalue weighted by Crippen LogP contribution is 2.50. The van der Waals surface area contributed by atoms with Crippen LogP contribution in [-0.4, -0.2) is 39.5 Å². The van der Waals surface area contributed by atoms with Gasteiger partial charge in [0.15, 0.2) is 23.0 Å². The molecule has 0 bridgehead atoms. The van der Waals surface area contributed by atoms with Gasteiger partial charge in [0, 0.05) is 5.56 Å². The summed E-state index contributed by atoms with van der Waals surface area (Å²) in [7, 11) is 2.96. The third-order valence-electron chi connectivity index (χ3n) is 6.01. The largest absolute Gasteiger partial charge is 0.508 e. The van der Waals surface area contributed by atoms with Crippen LogP contribution in [-0.2, 0) is 6.61 Å². The summed E-state index contributed by atoms with van der Waals surface area (Å²) in [6.45, 7) is 5.81. The second-order valence-corrected chi connectivity index (χ2v) is 8.33. The predicted molar refractivity (Wildman–Crippen MR) is 136 cm³/mol. The monoisotopic (exact) mass is 488 g/mol. The van der Waals surface area contributed by atoms with E-state index in [4.69, 9.17) is 14.2 Å². The summed E-state index contributed by atoms with van der Waals surface area (Å²) in [5.74, 6) is 0.761. The molecule has 0 saturated carbocycles. The zero-order valence-corrected chi connectivity index (χ0v) is 20.8. The number of benzene rings is 3. The van der Waals surface area contributed by atoms with Crippen LogP contribution in [0.3, 0.4) is 0 Å². The van der Waals surface area contributed by atoms with Gasteiger partial charge in [0.25, 0.3) is 0 Å². The minimum atomic E-state index is -0.144. The van der Waals surface area contributed by atoms with E-state index in [2.05, 4.69) is 9.97 Å². The van der Waals surface area contributed by atoms with Crippen LogP contribution in [0.15, 0.2) is 48.5 Å². The summed E-state index contributed by atoms with van der Waals surface area (Å²) in [5, 5.41) is 31.5. The fraction of sp³-hybridized carbons (Fsp3) is 0.214. The molecular weight excluding hydrogens is 460 g/mol. The molecule has 0 radical (unpaired) electrons. The quantitative estimate of drug-likeness (QED) is 0.315. The normalized spacial score (nSPS) is 10.8. The maximum absolute atomic E-state index is 11.2. The molecule has 4 rings (SSSR count). The summed E-state index contributed by atoms with van der Waals surface area (Å²) in [6.07, 6.45) is 0. The van der Waals surface area contributed by atoms with Crippen LogP contribution in [0, 0.1) is 20.8 Å². The van der Waals surface area contributed by atoms with E-state index < -0.39 is 0 Å².